The van der Waals surface area contributed by atoms with Crippen LogP contribution in [-0.4, -0.2) is 34.8 Å². The molecule has 1 aliphatic rings. The third-order valence-electron chi connectivity index (χ3n) is 3.65. The number of hydrogen-bond acceptors (Lipinski definition) is 6. The van der Waals surface area contributed by atoms with Gasteiger partial charge < -0.3 is 24.8 Å². The van der Waals surface area contributed by atoms with Crippen molar-refractivity contribution in [1.82, 2.24) is 0 Å². The Morgan fingerprint density at radius 1 is 1.14 bits per heavy atom. The van der Waals surface area contributed by atoms with E-state index >= 15 is 0 Å². The number of fused-ring (bicyclic) bond motifs is 1. The third kappa shape index (κ3) is 2.18. The molecule has 3 rings (SSSR count). The first kappa shape index (κ1) is 14.1. The number of ketones is 1. The first-order chi connectivity index (χ1) is 10.5. The molecule has 0 bridgehead atoms. The van der Waals surface area contributed by atoms with Crippen molar-refractivity contribution in [2.45, 2.75) is 5.92 Å². The maximum atomic E-state index is 12.6. The largest absolute Gasteiger partial charge is 0.508 e. The van der Waals surface area contributed by atoms with Crippen molar-refractivity contribution in [2.75, 3.05) is 13.7 Å². The molecular formula is C16H14O6. The topological polar surface area (TPSA) is 96.2 Å². The lowest BCUT2D eigenvalue weighted by molar-refractivity contribution is 0.0889. The number of methoxy groups -OCH3 is 1. The Bertz CT molecular complexity index is 753. The van der Waals surface area contributed by atoms with E-state index in [2.05, 4.69) is 0 Å². The van der Waals surface area contributed by atoms with Gasteiger partial charge in [-0.2, -0.15) is 0 Å². The monoisotopic (exact) mass is 302 g/mol. The summed E-state index contributed by atoms with van der Waals surface area (Å²) < 4.78 is 10.6. The molecule has 6 nitrogen and oxygen atoms in total. The van der Waals surface area contributed by atoms with Gasteiger partial charge in [-0.15, -0.1) is 0 Å². The summed E-state index contributed by atoms with van der Waals surface area (Å²) in [5.74, 6) is -1.01. The van der Waals surface area contributed by atoms with E-state index in [9.17, 15) is 20.1 Å². The lowest BCUT2D eigenvalue weighted by Gasteiger charge is -2.25. The highest BCUT2D eigenvalue weighted by atomic mass is 16.5. The second-order valence-electron chi connectivity index (χ2n) is 4.99. The first-order valence-electron chi connectivity index (χ1n) is 6.61. The number of phenols is 3. The second kappa shape index (κ2) is 5.14. The van der Waals surface area contributed by atoms with Crippen molar-refractivity contribution >= 4 is 5.78 Å². The standard InChI is InChI=1S/C16H14O6/c1-21-9-5-13(19)15-14(6-9)22-7-11(16(15)20)10-3-2-8(17)4-12(10)18/h2-6,11,17-19H,7H2,1H3/t11-/m0/s1. The minimum absolute atomic E-state index is 0.0246. The van der Waals surface area contributed by atoms with Gasteiger partial charge in [0.15, 0.2) is 5.78 Å². The summed E-state index contributed by atoms with van der Waals surface area (Å²) in [4.78, 5) is 12.6. The number of ether oxygens (including phenoxy) is 2. The van der Waals surface area contributed by atoms with Crippen LogP contribution in [-0.2, 0) is 0 Å². The van der Waals surface area contributed by atoms with Gasteiger partial charge in [-0.1, -0.05) is 6.07 Å². The fraction of sp³-hybridized carbons (Fsp3) is 0.188. The molecule has 0 aromatic heterocycles. The molecular weight excluding hydrogens is 288 g/mol. The summed E-state index contributed by atoms with van der Waals surface area (Å²) >= 11 is 0. The van der Waals surface area contributed by atoms with E-state index in [1.54, 1.807) is 0 Å². The minimum Gasteiger partial charge on any atom is -0.508 e. The molecule has 0 saturated carbocycles. The quantitative estimate of drug-likeness (QED) is 0.787. The summed E-state index contributed by atoms with van der Waals surface area (Å²) in [6.45, 7) is 0.0246. The van der Waals surface area contributed by atoms with Gasteiger partial charge in [-0.3, -0.25) is 4.79 Å². The van der Waals surface area contributed by atoms with E-state index in [4.69, 9.17) is 9.47 Å². The van der Waals surface area contributed by atoms with E-state index in [1.165, 1.54) is 31.4 Å². The van der Waals surface area contributed by atoms with Gasteiger partial charge in [0.1, 0.15) is 40.9 Å². The van der Waals surface area contributed by atoms with Gasteiger partial charge >= 0.3 is 0 Å². The predicted molar refractivity (Wildman–Crippen MR) is 77.0 cm³/mol. The Morgan fingerprint density at radius 3 is 2.59 bits per heavy atom. The van der Waals surface area contributed by atoms with Crippen LogP contribution in [0, 0.1) is 0 Å². The summed E-state index contributed by atoms with van der Waals surface area (Å²) in [5.41, 5.74) is 0.396. The number of aromatic hydroxyl groups is 3. The van der Waals surface area contributed by atoms with Crippen LogP contribution in [0.25, 0.3) is 0 Å². The third-order valence-corrected chi connectivity index (χ3v) is 3.65. The zero-order valence-electron chi connectivity index (χ0n) is 11.7. The van der Waals surface area contributed by atoms with Crippen molar-refractivity contribution in [2.24, 2.45) is 0 Å². The molecule has 1 aliphatic heterocycles. The number of phenolic OH excluding ortho intramolecular Hbond substituents is 3. The fourth-order valence-corrected chi connectivity index (χ4v) is 2.54. The average Bonchev–Trinajstić information content (AvgIpc) is 2.48. The lowest BCUT2D eigenvalue weighted by Crippen LogP contribution is -2.26. The molecule has 0 saturated heterocycles. The first-order valence-corrected chi connectivity index (χ1v) is 6.61. The molecule has 0 spiro atoms. The number of Topliss-reactive ketones (excluding diaryl/α,β-unsaturated/α-hetero) is 1. The number of benzene rings is 2. The van der Waals surface area contributed by atoms with Crippen LogP contribution >= 0.6 is 0 Å². The number of hydrogen-bond donors (Lipinski definition) is 3. The molecule has 0 fully saturated rings. The van der Waals surface area contributed by atoms with Gasteiger partial charge in [0.05, 0.1) is 13.0 Å². The minimum atomic E-state index is -0.757. The predicted octanol–water partition coefficient (Wildman–Crippen LogP) is 2.17. The summed E-state index contributed by atoms with van der Waals surface area (Å²) in [6.07, 6.45) is 0. The van der Waals surface area contributed by atoms with E-state index in [1.807, 2.05) is 0 Å². The van der Waals surface area contributed by atoms with Crippen LogP contribution in [0.2, 0.25) is 0 Å². The summed E-state index contributed by atoms with van der Waals surface area (Å²) in [6, 6.07) is 6.86. The van der Waals surface area contributed by atoms with Crippen LogP contribution in [0.1, 0.15) is 21.8 Å². The SMILES string of the molecule is COc1cc(O)c2c(c1)OC[C@@H](c1ccc(O)cc1O)C2=O. The summed E-state index contributed by atoms with van der Waals surface area (Å²) in [7, 11) is 1.45. The molecule has 6 heteroatoms. The molecule has 3 N–H and O–H groups in total. The van der Waals surface area contributed by atoms with Crippen molar-refractivity contribution in [3.63, 3.8) is 0 Å². The highest BCUT2D eigenvalue weighted by molar-refractivity contribution is 6.06. The van der Waals surface area contributed by atoms with Crippen molar-refractivity contribution in [3.05, 3.63) is 41.5 Å². The highest BCUT2D eigenvalue weighted by Crippen LogP contribution is 2.42. The van der Waals surface area contributed by atoms with Crippen LogP contribution in [0.15, 0.2) is 30.3 Å². The average molecular weight is 302 g/mol. The van der Waals surface area contributed by atoms with E-state index in [-0.39, 0.29) is 41.0 Å². The number of carbonyl (C=O) groups is 1. The lowest BCUT2D eigenvalue weighted by atomic mass is 9.88. The Hall–Kier alpha value is -2.89. The molecule has 1 atom stereocenters. The van der Waals surface area contributed by atoms with Crippen LogP contribution in [0.3, 0.4) is 0 Å². The number of rotatable bonds is 2. The molecule has 0 aliphatic carbocycles. The zero-order valence-corrected chi connectivity index (χ0v) is 11.7. The normalized spacial score (nSPS) is 16.8. The van der Waals surface area contributed by atoms with Gasteiger partial charge in [0.25, 0.3) is 0 Å². The van der Waals surface area contributed by atoms with Crippen molar-refractivity contribution in [1.29, 1.82) is 0 Å². The molecule has 1 heterocycles. The Balaban J connectivity index is 2.04. The molecule has 2 aromatic carbocycles. The van der Waals surface area contributed by atoms with Gasteiger partial charge in [-0.25, -0.2) is 0 Å². The Kier molecular flexibility index (Phi) is 3.29. The molecule has 2 aromatic rings. The maximum Gasteiger partial charge on any atom is 0.181 e. The van der Waals surface area contributed by atoms with Gasteiger partial charge in [0, 0.05) is 23.8 Å². The highest BCUT2D eigenvalue weighted by Gasteiger charge is 2.34. The molecule has 114 valence electrons. The van der Waals surface area contributed by atoms with Gasteiger partial charge in [0.2, 0.25) is 0 Å². The summed E-state index contributed by atoms with van der Waals surface area (Å²) in [5, 5.41) is 29.3. The van der Waals surface area contributed by atoms with Crippen LogP contribution in [0.4, 0.5) is 0 Å². The van der Waals surface area contributed by atoms with E-state index in [0.717, 1.165) is 6.07 Å². The van der Waals surface area contributed by atoms with E-state index < -0.39 is 5.92 Å². The number of carbonyl (C=O) groups excluding carboxylic acids is 1. The second-order valence-corrected chi connectivity index (χ2v) is 4.99. The molecule has 0 unspecified atom stereocenters. The Labute approximate surface area is 126 Å². The maximum absolute atomic E-state index is 12.6. The van der Waals surface area contributed by atoms with Crippen LogP contribution < -0.4 is 9.47 Å². The van der Waals surface area contributed by atoms with E-state index in [0.29, 0.717) is 11.3 Å². The van der Waals surface area contributed by atoms with Crippen LogP contribution in [0.5, 0.6) is 28.7 Å². The van der Waals surface area contributed by atoms with Crippen molar-refractivity contribution in [3.8, 4) is 28.7 Å². The fourth-order valence-electron chi connectivity index (χ4n) is 2.54. The Morgan fingerprint density at radius 2 is 1.91 bits per heavy atom. The smallest absolute Gasteiger partial charge is 0.181 e. The molecule has 22 heavy (non-hydrogen) atoms. The molecule has 0 amide bonds. The van der Waals surface area contributed by atoms with Crippen molar-refractivity contribution < 1.29 is 29.6 Å². The zero-order chi connectivity index (χ0) is 15.9. The molecule has 0 radical (unpaired) electrons. The van der Waals surface area contributed by atoms with Gasteiger partial charge in [-0.05, 0) is 6.07 Å².